The van der Waals surface area contributed by atoms with E-state index in [2.05, 4.69) is 13.8 Å². The van der Waals surface area contributed by atoms with Gasteiger partial charge in [-0.1, -0.05) is 26.7 Å². The quantitative estimate of drug-likeness (QED) is 0.362. The summed E-state index contributed by atoms with van der Waals surface area (Å²) < 4.78 is 20.9. The highest BCUT2D eigenvalue weighted by Crippen LogP contribution is 1.90. The molecule has 0 atom stereocenters. The summed E-state index contributed by atoms with van der Waals surface area (Å²) in [7, 11) is 0. The van der Waals surface area contributed by atoms with Crippen molar-refractivity contribution in [2.24, 2.45) is 0 Å². The number of hydrogen-bond acceptors (Lipinski definition) is 4. The molecule has 0 aromatic rings. The highest BCUT2D eigenvalue weighted by molar-refractivity contribution is 4.30. The fourth-order valence-corrected chi connectivity index (χ4v) is 0.964. The first-order valence-electron chi connectivity index (χ1n) is 6.22. The molecule has 0 aliphatic rings. The van der Waals surface area contributed by atoms with Crippen molar-refractivity contribution >= 4 is 0 Å². The molecule has 0 aliphatic carbocycles. The van der Waals surface area contributed by atoms with Crippen molar-refractivity contribution in [2.75, 3.05) is 40.0 Å². The number of rotatable bonds is 13. The Morgan fingerprint density at radius 2 is 0.938 bits per heavy atom. The zero-order valence-corrected chi connectivity index (χ0v) is 10.7. The Balaban J connectivity index is 2.83. The highest BCUT2D eigenvalue weighted by atomic mass is 16.7. The van der Waals surface area contributed by atoms with E-state index in [1.54, 1.807) is 0 Å². The standard InChI is InChI=1S/C12H26O4/c1-3-5-7-13-11-15-9-10-16-12-14-8-6-4-2/h3-12H2,1-2H3. The highest BCUT2D eigenvalue weighted by Gasteiger charge is 1.91. The Hall–Kier alpha value is -0.160. The van der Waals surface area contributed by atoms with Gasteiger partial charge in [0.15, 0.2) is 0 Å². The monoisotopic (exact) mass is 234 g/mol. The van der Waals surface area contributed by atoms with Crippen LogP contribution in [-0.2, 0) is 18.9 Å². The van der Waals surface area contributed by atoms with Crippen molar-refractivity contribution in [2.45, 2.75) is 39.5 Å². The molecule has 0 radical (unpaired) electrons. The lowest BCUT2D eigenvalue weighted by atomic mass is 10.4. The van der Waals surface area contributed by atoms with Crippen LogP contribution >= 0.6 is 0 Å². The van der Waals surface area contributed by atoms with Gasteiger partial charge in [-0.15, -0.1) is 0 Å². The van der Waals surface area contributed by atoms with Crippen molar-refractivity contribution in [3.8, 4) is 0 Å². The van der Waals surface area contributed by atoms with Crippen molar-refractivity contribution in [1.29, 1.82) is 0 Å². The van der Waals surface area contributed by atoms with Crippen LogP contribution in [0.25, 0.3) is 0 Å². The van der Waals surface area contributed by atoms with Gasteiger partial charge < -0.3 is 18.9 Å². The van der Waals surface area contributed by atoms with Crippen LogP contribution in [0.15, 0.2) is 0 Å². The summed E-state index contributed by atoms with van der Waals surface area (Å²) in [6.07, 6.45) is 4.48. The summed E-state index contributed by atoms with van der Waals surface area (Å²) in [6.45, 7) is 7.66. The molecule has 0 amide bonds. The summed E-state index contributed by atoms with van der Waals surface area (Å²) in [5.41, 5.74) is 0. The molecular weight excluding hydrogens is 208 g/mol. The second-order valence-corrected chi connectivity index (χ2v) is 3.58. The van der Waals surface area contributed by atoms with Gasteiger partial charge in [0.1, 0.15) is 13.6 Å². The third-order valence-corrected chi connectivity index (χ3v) is 1.99. The summed E-state index contributed by atoms with van der Waals surface area (Å²) in [4.78, 5) is 0. The van der Waals surface area contributed by atoms with Gasteiger partial charge in [-0.25, -0.2) is 0 Å². The molecule has 0 heterocycles. The van der Waals surface area contributed by atoms with E-state index >= 15 is 0 Å². The maximum absolute atomic E-state index is 5.22. The Bertz CT molecular complexity index is 106. The van der Waals surface area contributed by atoms with Crippen molar-refractivity contribution in [3.63, 3.8) is 0 Å². The third kappa shape index (κ3) is 13.8. The van der Waals surface area contributed by atoms with Crippen LogP contribution in [0.1, 0.15) is 39.5 Å². The lowest BCUT2D eigenvalue weighted by Crippen LogP contribution is -2.10. The number of hydrogen-bond donors (Lipinski definition) is 0. The zero-order chi connectivity index (χ0) is 11.9. The Morgan fingerprint density at radius 1 is 0.562 bits per heavy atom. The second kappa shape index (κ2) is 14.8. The summed E-state index contributed by atoms with van der Waals surface area (Å²) in [5.74, 6) is 0. The SMILES string of the molecule is CCCCOCOCCOCOCCCC. The number of unbranched alkanes of at least 4 members (excludes halogenated alkanes) is 2. The average molecular weight is 234 g/mol. The van der Waals surface area contributed by atoms with Crippen LogP contribution in [0.3, 0.4) is 0 Å². The molecule has 0 aromatic heterocycles. The molecule has 16 heavy (non-hydrogen) atoms. The van der Waals surface area contributed by atoms with Crippen LogP contribution in [-0.4, -0.2) is 40.0 Å². The normalized spacial score (nSPS) is 10.9. The van der Waals surface area contributed by atoms with Crippen molar-refractivity contribution < 1.29 is 18.9 Å². The second-order valence-electron chi connectivity index (χ2n) is 3.58. The lowest BCUT2D eigenvalue weighted by Gasteiger charge is -2.06. The molecule has 98 valence electrons. The average Bonchev–Trinajstić information content (AvgIpc) is 2.31. The van der Waals surface area contributed by atoms with E-state index in [4.69, 9.17) is 18.9 Å². The Morgan fingerprint density at radius 3 is 1.31 bits per heavy atom. The molecular formula is C12H26O4. The van der Waals surface area contributed by atoms with Gasteiger partial charge in [0.05, 0.1) is 13.2 Å². The van der Waals surface area contributed by atoms with E-state index in [9.17, 15) is 0 Å². The minimum absolute atomic E-state index is 0.361. The first-order chi connectivity index (χ1) is 7.91. The Kier molecular flexibility index (Phi) is 14.7. The lowest BCUT2D eigenvalue weighted by molar-refractivity contribution is -0.0995. The molecule has 4 heteroatoms. The fraction of sp³-hybridized carbons (Fsp3) is 1.00. The Labute approximate surface area is 99.2 Å². The van der Waals surface area contributed by atoms with Crippen LogP contribution in [0.2, 0.25) is 0 Å². The van der Waals surface area contributed by atoms with Gasteiger partial charge in [0.25, 0.3) is 0 Å². The van der Waals surface area contributed by atoms with E-state index in [1.807, 2.05) is 0 Å². The molecule has 0 spiro atoms. The first kappa shape index (κ1) is 15.8. The molecule has 0 aromatic carbocycles. The van der Waals surface area contributed by atoms with E-state index in [0.29, 0.717) is 26.8 Å². The first-order valence-corrected chi connectivity index (χ1v) is 6.22. The molecule has 0 bridgehead atoms. The van der Waals surface area contributed by atoms with Gasteiger partial charge in [-0.3, -0.25) is 0 Å². The molecule has 0 rings (SSSR count). The van der Waals surface area contributed by atoms with Crippen LogP contribution in [0.5, 0.6) is 0 Å². The van der Waals surface area contributed by atoms with Gasteiger partial charge in [-0.05, 0) is 12.8 Å². The molecule has 0 unspecified atom stereocenters. The molecule has 0 aliphatic heterocycles. The zero-order valence-electron chi connectivity index (χ0n) is 10.7. The maximum atomic E-state index is 5.22. The maximum Gasteiger partial charge on any atom is 0.146 e. The van der Waals surface area contributed by atoms with E-state index < -0.39 is 0 Å². The molecule has 0 fully saturated rings. The third-order valence-electron chi connectivity index (χ3n) is 1.99. The predicted octanol–water partition coefficient (Wildman–Crippen LogP) is 2.57. The topological polar surface area (TPSA) is 36.9 Å². The van der Waals surface area contributed by atoms with E-state index in [1.165, 1.54) is 0 Å². The largest absolute Gasteiger partial charge is 0.355 e. The van der Waals surface area contributed by atoms with Crippen LogP contribution in [0.4, 0.5) is 0 Å². The van der Waals surface area contributed by atoms with E-state index in [0.717, 1.165) is 38.9 Å². The van der Waals surface area contributed by atoms with E-state index in [-0.39, 0.29) is 0 Å². The summed E-state index contributed by atoms with van der Waals surface area (Å²) >= 11 is 0. The van der Waals surface area contributed by atoms with Gasteiger partial charge >= 0.3 is 0 Å². The molecule has 0 N–H and O–H groups in total. The smallest absolute Gasteiger partial charge is 0.146 e. The van der Waals surface area contributed by atoms with Gasteiger partial charge in [0.2, 0.25) is 0 Å². The van der Waals surface area contributed by atoms with Crippen LogP contribution < -0.4 is 0 Å². The molecule has 0 saturated heterocycles. The van der Waals surface area contributed by atoms with Crippen LogP contribution in [0, 0.1) is 0 Å². The molecule has 4 nitrogen and oxygen atoms in total. The van der Waals surface area contributed by atoms with Gasteiger partial charge in [-0.2, -0.15) is 0 Å². The molecule has 0 saturated carbocycles. The minimum atomic E-state index is 0.361. The summed E-state index contributed by atoms with van der Waals surface area (Å²) in [5, 5.41) is 0. The minimum Gasteiger partial charge on any atom is -0.355 e. The van der Waals surface area contributed by atoms with Crippen molar-refractivity contribution in [1.82, 2.24) is 0 Å². The number of ether oxygens (including phenoxy) is 4. The van der Waals surface area contributed by atoms with Gasteiger partial charge in [0, 0.05) is 13.2 Å². The summed E-state index contributed by atoms with van der Waals surface area (Å²) in [6, 6.07) is 0. The van der Waals surface area contributed by atoms with Crippen molar-refractivity contribution in [3.05, 3.63) is 0 Å². The predicted molar refractivity (Wildman–Crippen MR) is 63.4 cm³/mol. The fourth-order valence-electron chi connectivity index (χ4n) is 0.964.